The van der Waals surface area contributed by atoms with Crippen molar-refractivity contribution in [2.24, 2.45) is 0 Å². The fraction of sp³-hybridized carbons (Fsp3) is 0.250. The van der Waals surface area contributed by atoms with Crippen molar-refractivity contribution in [3.63, 3.8) is 0 Å². The van der Waals surface area contributed by atoms with Crippen LogP contribution in [0.3, 0.4) is 0 Å². The number of aryl methyl sites for hydroxylation is 4. The molecule has 2 aromatic rings. The van der Waals surface area contributed by atoms with Crippen LogP contribution < -0.4 is 10.6 Å². The molecule has 93 valence electrons. The maximum atomic E-state index is 12.7. The Balaban J connectivity index is 2.54. The summed E-state index contributed by atoms with van der Waals surface area (Å²) >= 11 is 0. The monoisotopic (exact) mass is 257 g/mol. The van der Waals surface area contributed by atoms with Crippen molar-refractivity contribution >= 4 is 18.4 Å². The van der Waals surface area contributed by atoms with Crippen LogP contribution in [0.25, 0.3) is 0 Å². The first kappa shape index (κ1) is 13.0. The van der Waals surface area contributed by atoms with Gasteiger partial charge >= 0.3 is 0 Å². The number of hydrogen-bond acceptors (Lipinski definition) is 1. The zero-order chi connectivity index (χ0) is 13.3. The summed E-state index contributed by atoms with van der Waals surface area (Å²) < 4.78 is 12.7. The molecule has 0 heterocycles. The van der Waals surface area contributed by atoms with Gasteiger partial charge in [-0.05, 0) is 51.0 Å². The molecule has 0 aliphatic carbocycles. The smallest absolute Gasteiger partial charge is 0.137 e. The highest BCUT2D eigenvalue weighted by atomic mass is 31.1. The molecule has 18 heavy (non-hydrogen) atoms. The highest BCUT2D eigenvalue weighted by molar-refractivity contribution is 7.61. The van der Waals surface area contributed by atoms with Gasteiger partial charge < -0.3 is 0 Å². The Bertz CT molecular complexity index is 561. The van der Waals surface area contributed by atoms with Crippen LogP contribution in [0.4, 0.5) is 0 Å². The van der Waals surface area contributed by atoms with E-state index < -0.39 is 7.80 Å². The molecule has 2 rings (SSSR count). The second-order valence-electron chi connectivity index (χ2n) is 4.87. The summed E-state index contributed by atoms with van der Waals surface area (Å²) in [7, 11) is -1.49. The molecule has 0 saturated heterocycles. The lowest BCUT2D eigenvalue weighted by molar-refractivity contribution is 0.598. The Morgan fingerprint density at radius 1 is 0.722 bits per heavy atom. The molecule has 0 saturated carbocycles. The predicted molar refractivity (Wildman–Crippen MR) is 78.7 cm³/mol. The molecule has 0 N–H and O–H groups in total. The van der Waals surface area contributed by atoms with Crippen LogP contribution >= 0.6 is 7.80 Å². The average Bonchev–Trinajstić information content (AvgIpc) is 2.34. The molecule has 0 aliphatic heterocycles. The van der Waals surface area contributed by atoms with Crippen LogP contribution in [0.5, 0.6) is 0 Å². The van der Waals surface area contributed by atoms with E-state index in [0.29, 0.717) is 0 Å². The molecule has 1 nitrogen and oxygen atoms in total. The summed E-state index contributed by atoms with van der Waals surface area (Å²) in [5.74, 6) is 0. The van der Waals surface area contributed by atoms with Crippen molar-refractivity contribution in [1.29, 1.82) is 0 Å². The van der Waals surface area contributed by atoms with Gasteiger partial charge in [0.05, 0.1) is 0 Å². The fourth-order valence-electron chi connectivity index (χ4n) is 2.01. The molecule has 1 radical (unpaired) electrons. The normalized spacial score (nSPS) is 10.4. The molecule has 0 aromatic heterocycles. The van der Waals surface area contributed by atoms with Crippen LogP contribution in [-0.2, 0) is 4.57 Å². The summed E-state index contributed by atoms with van der Waals surface area (Å²) in [5, 5.41) is 1.91. The molecule has 0 bridgehead atoms. The van der Waals surface area contributed by atoms with Crippen LogP contribution in [0.2, 0.25) is 0 Å². The van der Waals surface area contributed by atoms with Gasteiger partial charge in [0.2, 0.25) is 0 Å². The van der Waals surface area contributed by atoms with Crippen molar-refractivity contribution in [2.45, 2.75) is 27.7 Å². The first-order valence-corrected chi connectivity index (χ1v) is 7.37. The molecular weight excluding hydrogens is 239 g/mol. The standard InChI is InChI=1S/C16H18OP/c1-11-5-7-13(3)15(9-11)18(17)16-10-12(2)6-8-14(16)4/h5-10H,1-4H3. The van der Waals surface area contributed by atoms with Gasteiger partial charge in [-0.25, -0.2) is 0 Å². The lowest BCUT2D eigenvalue weighted by Crippen LogP contribution is -2.13. The summed E-state index contributed by atoms with van der Waals surface area (Å²) in [4.78, 5) is 0. The summed E-state index contributed by atoms with van der Waals surface area (Å²) in [5.41, 5.74) is 4.51. The predicted octanol–water partition coefficient (Wildman–Crippen LogP) is 3.70. The minimum Gasteiger partial charge on any atom is -0.277 e. The van der Waals surface area contributed by atoms with Gasteiger partial charge in [0.25, 0.3) is 0 Å². The van der Waals surface area contributed by atoms with Crippen LogP contribution in [0.1, 0.15) is 22.3 Å². The third-order valence-electron chi connectivity index (χ3n) is 3.17. The molecule has 0 atom stereocenters. The number of hydrogen-bond donors (Lipinski definition) is 0. The minimum atomic E-state index is -1.49. The zero-order valence-electron chi connectivity index (χ0n) is 11.3. The second-order valence-corrected chi connectivity index (χ2v) is 6.43. The van der Waals surface area contributed by atoms with E-state index >= 15 is 0 Å². The van der Waals surface area contributed by atoms with E-state index in [1.54, 1.807) is 0 Å². The van der Waals surface area contributed by atoms with E-state index in [1.807, 2.05) is 52.0 Å². The number of benzene rings is 2. The highest BCUT2D eigenvalue weighted by Crippen LogP contribution is 2.24. The Labute approximate surface area is 110 Å². The third-order valence-corrected chi connectivity index (χ3v) is 5.01. The highest BCUT2D eigenvalue weighted by Gasteiger charge is 2.13. The quantitative estimate of drug-likeness (QED) is 0.750. The maximum Gasteiger partial charge on any atom is 0.137 e. The van der Waals surface area contributed by atoms with Gasteiger partial charge in [0, 0.05) is 10.6 Å². The van der Waals surface area contributed by atoms with Crippen LogP contribution in [0, 0.1) is 27.7 Å². The lowest BCUT2D eigenvalue weighted by atomic mass is 10.2. The molecule has 2 heteroatoms. The molecule has 2 aromatic carbocycles. The van der Waals surface area contributed by atoms with E-state index in [2.05, 4.69) is 12.1 Å². The summed E-state index contributed by atoms with van der Waals surface area (Å²) in [6.07, 6.45) is 0. The van der Waals surface area contributed by atoms with E-state index in [1.165, 1.54) is 0 Å². The van der Waals surface area contributed by atoms with E-state index in [0.717, 1.165) is 32.9 Å². The van der Waals surface area contributed by atoms with Gasteiger partial charge in [0.15, 0.2) is 0 Å². The van der Waals surface area contributed by atoms with E-state index in [-0.39, 0.29) is 0 Å². The van der Waals surface area contributed by atoms with Crippen molar-refractivity contribution in [3.05, 3.63) is 58.7 Å². The molecule has 0 unspecified atom stereocenters. The molecule has 0 aliphatic rings. The molecular formula is C16H18OP. The summed E-state index contributed by atoms with van der Waals surface area (Å²) in [6.45, 7) is 8.12. The van der Waals surface area contributed by atoms with E-state index in [4.69, 9.17) is 0 Å². The van der Waals surface area contributed by atoms with Gasteiger partial charge in [0.1, 0.15) is 7.80 Å². The zero-order valence-corrected chi connectivity index (χ0v) is 12.2. The first-order valence-electron chi connectivity index (χ1n) is 6.11. The van der Waals surface area contributed by atoms with Crippen molar-refractivity contribution in [1.82, 2.24) is 0 Å². The summed E-state index contributed by atoms with van der Waals surface area (Å²) in [6, 6.07) is 12.3. The molecule has 0 amide bonds. The van der Waals surface area contributed by atoms with Crippen LogP contribution in [0.15, 0.2) is 36.4 Å². The minimum absolute atomic E-state index is 0.957. The Morgan fingerprint density at radius 2 is 1.11 bits per heavy atom. The van der Waals surface area contributed by atoms with Gasteiger partial charge in [-0.2, -0.15) is 0 Å². The Kier molecular flexibility index (Phi) is 3.63. The van der Waals surface area contributed by atoms with Crippen molar-refractivity contribution < 1.29 is 4.57 Å². The second kappa shape index (κ2) is 5.04. The van der Waals surface area contributed by atoms with Crippen molar-refractivity contribution in [3.8, 4) is 0 Å². The maximum absolute atomic E-state index is 12.7. The lowest BCUT2D eigenvalue weighted by Gasteiger charge is -2.09. The topological polar surface area (TPSA) is 17.1 Å². The largest absolute Gasteiger partial charge is 0.277 e. The van der Waals surface area contributed by atoms with Gasteiger partial charge in [-0.15, -0.1) is 0 Å². The van der Waals surface area contributed by atoms with Gasteiger partial charge in [-0.3, -0.25) is 4.57 Å². The van der Waals surface area contributed by atoms with E-state index in [9.17, 15) is 4.57 Å². The Hall–Kier alpha value is -1.46. The first-order chi connectivity index (χ1) is 8.49. The third kappa shape index (κ3) is 2.52. The SMILES string of the molecule is Cc1ccc(C)c([P](=O)c2cc(C)ccc2C)c1. The fourth-order valence-corrected chi connectivity index (χ4v) is 3.70. The van der Waals surface area contributed by atoms with Crippen LogP contribution in [-0.4, -0.2) is 0 Å². The van der Waals surface area contributed by atoms with Gasteiger partial charge in [-0.1, -0.05) is 35.4 Å². The Morgan fingerprint density at radius 3 is 1.50 bits per heavy atom. The molecule has 0 spiro atoms. The molecule has 0 fully saturated rings. The average molecular weight is 257 g/mol. The van der Waals surface area contributed by atoms with Crippen molar-refractivity contribution in [2.75, 3.05) is 0 Å². The number of rotatable bonds is 2.